The number of rotatable bonds is 14. The van der Waals surface area contributed by atoms with Crippen LogP contribution in [0.25, 0.3) is 0 Å². The van der Waals surface area contributed by atoms with Crippen molar-refractivity contribution < 1.29 is 47.6 Å². The second-order valence-electron chi connectivity index (χ2n) is 6.04. The molecule has 0 amide bonds. The molecule has 0 aromatic rings. The predicted molar refractivity (Wildman–Crippen MR) is 86.2 cm³/mol. The molecule has 0 fully saturated rings. The fraction of sp³-hybridized carbons (Fsp3) is 1.00. The van der Waals surface area contributed by atoms with E-state index in [1.807, 2.05) is 0 Å². The zero-order valence-corrected chi connectivity index (χ0v) is 17.5. The van der Waals surface area contributed by atoms with Crippen LogP contribution < -0.4 is 29.6 Å². The summed E-state index contributed by atoms with van der Waals surface area (Å²) in [5.74, 6) is 0. The van der Waals surface area contributed by atoms with Crippen molar-refractivity contribution in [3.63, 3.8) is 0 Å². The van der Waals surface area contributed by atoms with Gasteiger partial charge < -0.3 is 9.66 Å². The average Bonchev–Trinajstić information content (AvgIpc) is 2.41. The minimum atomic E-state index is -4.16. The van der Waals surface area contributed by atoms with Crippen LogP contribution in [0.3, 0.4) is 0 Å². The molecule has 0 aliphatic rings. The van der Waals surface area contributed by atoms with Crippen molar-refractivity contribution in [1.82, 2.24) is 0 Å². The largest absolute Gasteiger partial charge is 1.00 e. The smallest absolute Gasteiger partial charge is 0.748 e. The molecule has 0 saturated carbocycles. The summed E-state index contributed by atoms with van der Waals surface area (Å²) in [5, 5.41) is 9.00. The molecule has 22 heavy (non-hydrogen) atoms. The molecule has 0 radical (unpaired) electrons. The van der Waals surface area contributed by atoms with E-state index in [-0.39, 0.29) is 35.7 Å². The fourth-order valence-electron chi connectivity index (χ4n) is 2.57. The molecule has 128 valence electrons. The second-order valence-corrected chi connectivity index (χ2v) is 7.70. The molecule has 4 nitrogen and oxygen atoms in total. The van der Waals surface area contributed by atoms with E-state index < -0.39 is 15.4 Å². The van der Waals surface area contributed by atoms with Crippen molar-refractivity contribution in [3.05, 3.63) is 0 Å². The third-order valence-electron chi connectivity index (χ3n) is 3.99. The summed E-state index contributed by atoms with van der Waals surface area (Å²) in [6, 6.07) is 0. The third-order valence-corrected chi connectivity index (χ3v) is 5.28. The zero-order chi connectivity index (χ0) is 16.1. The van der Waals surface area contributed by atoms with E-state index in [1.165, 1.54) is 0 Å². The number of aliphatic hydroxyl groups excluding tert-OH is 1. The first-order valence-electron chi connectivity index (χ1n) is 8.54. The van der Waals surface area contributed by atoms with E-state index in [1.54, 1.807) is 0 Å². The molecule has 0 heterocycles. The number of hydrogen-bond acceptors (Lipinski definition) is 4. The van der Waals surface area contributed by atoms with Gasteiger partial charge in [0.15, 0.2) is 0 Å². The van der Waals surface area contributed by atoms with Crippen LogP contribution in [0, 0.1) is 0 Å². The standard InChI is InChI=1S/C16H34O4S.Na/c1-3-5-8-13-16(21(18,19)20)14-10-7-9-12-15(17)11-6-4-2;/h15-17H,3-14H2,1-2H3,(H,18,19,20);/q;+1/p-1. The maximum Gasteiger partial charge on any atom is 1.00 e. The average molecular weight is 344 g/mol. The Bertz CT molecular complexity index is 333. The van der Waals surface area contributed by atoms with Gasteiger partial charge in [-0.05, 0) is 25.7 Å². The summed E-state index contributed by atoms with van der Waals surface area (Å²) >= 11 is 0. The van der Waals surface area contributed by atoms with Crippen LogP contribution in [0.5, 0.6) is 0 Å². The number of unbranched alkanes of at least 4 members (excludes halogenated alkanes) is 5. The van der Waals surface area contributed by atoms with Crippen LogP contribution in [-0.4, -0.2) is 29.4 Å². The molecule has 2 unspecified atom stereocenters. The molecule has 0 saturated heterocycles. The molecule has 0 aromatic carbocycles. The van der Waals surface area contributed by atoms with Crippen LogP contribution in [0.15, 0.2) is 0 Å². The summed E-state index contributed by atoms with van der Waals surface area (Å²) in [4.78, 5) is 0. The first-order chi connectivity index (χ1) is 9.91. The molecule has 0 aliphatic carbocycles. The summed E-state index contributed by atoms with van der Waals surface area (Å²) in [5.41, 5.74) is 0. The second kappa shape index (κ2) is 15.4. The van der Waals surface area contributed by atoms with Gasteiger partial charge in [-0.25, -0.2) is 8.42 Å². The van der Waals surface area contributed by atoms with Gasteiger partial charge in [-0.3, -0.25) is 0 Å². The molecule has 2 atom stereocenters. The summed E-state index contributed by atoms with van der Waals surface area (Å²) in [6.07, 6.45) is 9.92. The predicted octanol–water partition coefficient (Wildman–Crippen LogP) is 0.986. The van der Waals surface area contributed by atoms with Gasteiger partial charge in [-0.2, -0.15) is 0 Å². The van der Waals surface area contributed by atoms with Gasteiger partial charge in [-0.1, -0.05) is 65.2 Å². The van der Waals surface area contributed by atoms with Crippen molar-refractivity contribution in [2.45, 2.75) is 102 Å². The van der Waals surface area contributed by atoms with Crippen LogP contribution in [0.2, 0.25) is 0 Å². The van der Waals surface area contributed by atoms with E-state index in [2.05, 4.69) is 13.8 Å². The van der Waals surface area contributed by atoms with Crippen molar-refractivity contribution >= 4 is 10.1 Å². The van der Waals surface area contributed by atoms with Gasteiger partial charge in [0.2, 0.25) is 0 Å². The van der Waals surface area contributed by atoms with E-state index in [0.29, 0.717) is 12.8 Å². The fourth-order valence-corrected chi connectivity index (χ4v) is 3.48. The zero-order valence-electron chi connectivity index (χ0n) is 14.7. The van der Waals surface area contributed by atoms with Gasteiger partial charge in [0.25, 0.3) is 0 Å². The van der Waals surface area contributed by atoms with Gasteiger partial charge in [0, 0.05) is 5.25 Å². The van der Waals surface area contributed by atoms with E-state index >= 15 is 0 Å². The quantitative estimate of drug-likeness (QED) is 0.290. The number of hydrogen-bond donors (Lipinski definition) is 1. The Morgan fingerprint density at radius 3 is 1.77 bits per heavy atom. The first kappa shape index (κ1) is 25.1. The van der Waals surface area contributed by atoms with Crippen molar-refractivity contribution in [1.29, 1.82) is 0 Å². The molecule has 0 spiro atoms. The summed E-state index contributed by atoms with van der Waals surface area (Å²) < 4.78 is 33.7. The van der Waals surface area contributed by atoms with E-state index in [4.69, 9.17) is 0 Å². The van der Waals surface area contributed by atoms with Crippen molar-refractivity contribution in [2.24, 2.45) is 0 Å². The third kappa shape index (κ3) is 14.5. The minimum absolute atomic E-state index is 0. The SMILES string of the molecule is CCCCCC(CCCCCC(O)CCCC)S(=O)(=O)[O-].[Na+]. The molecular weight excluding hydrogens is 311 g/mol. The maximum atomic E-state index is 11.2. The van der Waals surface area contributed by atoms with Crippen LogP contribution >= 0.6 is 0 Å². The van der Waals surface area contributed by atoms with E-state index in [0.717, 1.165) is 64.2 Å². The Balaban J connectivity index is 0. The molecule has 1 N–H and O–H groups in total. The Hall–Kier alpha value is 0.870. The van der Waals surface area contributed by atoms with Crippen molar-refractivity contribution in [2.75, 3.05) is 0 Å². The normalized spacial score (nSPS) is 14.4. The van der Waals surface area contributed by atoms with Gasteiger partial charge >= 0.3 is 29.6 Å². The first-order valence-corrected chi connectivity index (χ1v) is 10.0. The van der Waals surface area contributed by atoms with Crippen molar-refractivity contribution in [3.8, 4) is 0 Å². The Morgan fingerprint density at radius 1 is 0.818 bits per heavy atom. The molecular formula is C16H33NaO4S. The minimum Gasteiger partial charge on any atom is -0.748 e. The van der Waals surface area contributed by atoms with Crippen LogP contribution in [0.4, 0.5) is 0 Å². The molecule has 0 aromatic heterocycles. The Morgan fingerprint density at radius 2 is 1.27 bits per heavy atom. The molecule has 0 aliphatic heterocycles. The van der Waals surface area contributed by atoms with Gasteiger partial charge in [0.1, 0.15) is 0 Å². The topological polar surface area (TPSA) is 77.4 Å². The number of aliphatic hydroxyl groups is 1. The molecule has 0 bridgehead atoms. The molecule has 0 rings (SSSR count). The Kier molecular flexibility index (Phi) is 17.6. The Labute approximate surface area is 159 Å². The van der Waals surface area contributed by atoms with Crippen LogP contribution in [-0.2, 0) is 10.1 Å². The summed E-state index contributed by atoms with van der Waals surface area (Å²) in [6.45, 7) is 4.17. The van der Waals surface area contributed by atoms with Gasteiger partial charge in [-0.15, -0.1) is 0 Å². The maximum absolute atomic E-state index is 11.2. The van der Waals surface area contributed by atoms with Gasteiger partial charge in [0.05, 0.1) is 16.2 Å². The van der Waals surface area contributed by atoms with E-state index in [9.17, 15) is 18.1 Å². The molecule has 6 heteroatoms. The monoisotopic (exact) mass is 344 g/mol. The summed E-state index contributed by atoms with van der Waals surface area (Å²) in [7, 11) is -4.16. The van der Waals surface area contributed by atoms with Crippen LogP contribution in [0.1, 0.15) is 90.9 Å².